The van der Waals surface area contributed by atoms with Crippen LogP contribution in [0, 0.1) is 17.2 Å². The summed E-state index contributed by atoms with van der Waals surface area (Å²) < 4.78 is 0. The molecule has 0 atom stereocenters. The van der Waals surface area contributed by atoms with Gasteiger partial charge in [0.15, 0.2) is 5.78 Å². The van der Waals surface area contributed by atoms with Crippen molar-refractivity contribution in [3.63, 3.8) is 0 Å². The van der Waals surface area contributed by atoms with Crippen LogP contribution in [0.15, 0.2) is 36.5 Å². The molecule has 0 N–H and O–H groups in total. The maximum Gasteiger partial charge on any atom is 0.185 e. The van der Waals surface area contributed by atoms with Crippen molar-refractivity contribution in [1.82, 2.24) is 4.98 Å². The van der Waals surface area contributed by atoms with Crippen LogP contribution in [-0.4, -0.2) is 10.8 Å². The Morgan fingerprint density at radius 1 is 1.29 bits per heavy atom. The van der Waals surface area contributed by atoms with Crippen molar-refractivity contribution in [1.29, 1.82) is 5.26 Å². The molecule has 0 radical (unpaired) electrons. The summed E-state index contributed by atoms with van der Waals surface area (Å²) in [4.78, 5) is 16.3. The molecule has 2 aromatic rings. The molecule has 1 aromatic carbocycles. The van der Waals surface area contributed by atoms with E-state index in [-0.39, 0.29) is 17.4 Å². The molecule has 0 fully saturated rings. The van der Waals surface area contributed by atoms with E-state index >= 15 is 0 Å². The van der Waals surface area contributed by atoms with Crippen LogP contribution in [0.5, 0.6) is 0 Å². The summed E-state index contributed by atoms with van der Waals surface area (Å²) in [7, 11) is 0. The quantitative estimate of drug-likeness (QED) is 0.794. The lowest BCUT2D eigenvalue weighted by Crippen LogP contribution is -2.11. The fourth-order valence-electron chi connectivity index (χ4n) is 2.15. The second-order valence-electron chi connectivity index (χ2n) is 5.30. The summed E-state index contributed by atoms with van der Waals surface area (Å²) in [6.07, 6.45) is 2.63. The molecule has 0 aliphatic rings. The van der Waals surface area contributed by atoms with Gasteiger partial charge in [-0.2, -0.15) is 5.26 Å². The molecule has 0 spiro atoms. The second kappa shape index (κ2) is 6.32. The Kier molecular flexibility index (Phi) is 4.49. The van der Waals surface area contributed by atoms with Gasteiger partial charge in [-0.1, -0.05) is 45.0 Å². The highest BCUT2D eigenvalue weighted by Crippen LogP contribution is 2.23. The van der Waals surface area contributed by atoms with Crippen LogP contribution in [-0.2, 0) is 6.42 Å². The lowest BCUT2D eigenvalue weighted by Gasteiger charge is -2.08. The molecular formula is C18H18N2O. The fraction of sp³-hybridized carbons (Fsp3) is 0.278. The molecule has 0 saturated carbocycles. The average Bonchev–Trinajstić information content (AvgIpc) is 2.53. The van der Waals surface area contributed by atoms with E-state index in [1.165, 1.54) is 5.56 Å². The molecular weight excluding hydrogens is 260 g/mol. The third kappa shape index (κ3) is 3.17. The van der Waals surface area contributed by atoms with Gasteiger partial charge in [-0.25, -0.2) is 0 Å². The SMILES string of the molecule is CCc1cccc(-c2cnc(C(=O)C(C)C)c(C#N)c2)c1. The van der Waals surface area contributed by atoms with Crippen molar-refractivity contribution in [3.8, 4) is 17.2 Å². The number of carbonyl (C=O) groups is 1. The maximum absolute atomic E-state index is 12.1. The summed E-state index contributed by atoms with van der Waals surface area (Å²) in [5.41, 5.74) is 3.72. The Bertz CT molecular complexity index is 711. The number of nitriles is 1. The summed E-state index contributed by atoms with van der Waals surface area (Å²) in [6.45, 7) is 5.72. The van der Waals surface area contributed by atoms with Crippen molar-refractivity contribution in [2.45, 2.75) is 27.2 Å². The molecule has 0 aliphatic heterocycles. The Labute approximate surface area is 125 Å². The van der Waals surface area contributed by atoms with Gasteiger partial charge in [-0.15, -0.1) is 0 Å². The maximum atomic E-state index is 12.1. The third-order valence-electron chi connectivity index (χ3n) is 3.43. The Balaban J connectivity index is 2.48. The van der Waals surface area contributed by atoms with E-state index in [1.54, 1.807) is 12.3 Å². The smallest absolute Gasteiger partial charge is 0.185 e. The van der Waals surface area contributed by atoms with Gasteiger partial charge in [-0.3, -0.25) is 9.78 Å². The predicted octanol–water partition coefficient (Wildman–Crippen LogP) is 4.02. The normalized spacial score (nSPS) is 10.4. The Morgan fingerprint density at radius 2 is 2.05 bits per heavy atom. The molecule has 3 heteroatoms. The monoisotopic (exact) mass is 278 g/mol. The molecule has 0 saturated heterocycles. The third-order valence-corrected chi connectivity index (χ3v) is 3.43. The van der Waals surface area contributed by atoms with Gasteiger partial charge in [0.25, 0.3) is 0 Å². The first-order valence-electron chi connectivity index (χ1n) is 7.10. The van der Waals surface area contributed by atoms with Crippen molar-refractivity contribution >= 4 is 5.78 Å². The molecule has 106 valence electrons. The molecule has 3 nitrogen and oxygen atoms in total. The molecule has 0 amide bonds. The molecule has 0 bridgehead atoms. The Hall–Kier alpha value is -2.47. The van der Waals surface area contributed by atoms with Crippen LogP contribution in [0.4, 0.5) is 0 Å². The molecule has 1 aromatic heterocycles. The number of hydrogen-bond donors (Lipinski definition) is 0. The zero-order chi connectivity index (χ0) is 15.4. The number of ketones is 1. The summed E-state index contributed by atoms with van der Waals surface area (Å²) >= 11 is 0. The van der Waals surface area contributed by atoms with Gasteiger partial charge in [0.1, 0.15) is 11.8 Å². The van der Waals surface area contributed by atoms with Gasteiger partial charge in [0.05, 0.1) is 5.56 Å². The van der Waals surface area contributed by atoms with E-state index in [9.17, 15) is 10.1 Å². The van der Waals surface area contributed by atoms with Crippen LogP contribution >= 0.6 is 0 Å². The molecule has 0 unspecified atom stereocenters. The Morgan fingerprint density at radius 3 is 2.67 bits per heavy atom. The number of carbonyl (C=O) groups excluding carboxylic acids is 1. The fourth-order valence-corrected chi connectivity index (χ4v) is 2.15. The van der Waals surface area contributed by atoms with Crippen molar-refractivity contribution in [2.24, 2.45) is 5.92 Å². The number of benzene rings is 1. The number of rotatable bonds is 4. The lowest BCUT2D eigenvalue weighted by molar-refractivity contribution is 0.0934. The highest BCUT2D eigenvalue weighted by molar-refractivity contribution is 5.98. The van der Waals surface area contributed by atoms with Crippen LogP contribution in [0.25, 0.3) is 11.1 Å². The molecule has 2 rings (SSSR count). The van der Waals surface area contributed by atoms with Gasteiger partial charge < -0.3 is 0 Å². The van der Waals surface area contributed by atoms with Gasteiger partial charge in [0.2, 0.25) is 0 Å². The minimum atomic E-state index is -0.168. The van der Waals surface area contributed by atoms with E-state index in [0.29, 0.717) is 5.56 Å². The molecule has 21 heavy (non-hydrogen) atoms. The number of pyridine rings is 1. The highest BCUT2D eigenvalue weighted by atomic mass is 16.1. The van der Waals surface area contributed by atoms with Crippen LogP contribution in [0.1, 0.15) is 42.4 Å². The zero-order valence-electron chi connectivity index (χ0n) is 12.6. The standard InChI is InChI=1S/C18H18N2O/c1-4-13-6-5-7-14(8-13)16-9-15(10-19)17(20-11-16)18(21)12(2)3/h5-9,11-12H,4H2,1-3H3. The van der Waals surface area contributed by atoms with E-state index in [1.807, 2.05) is 26.0 Å². The summed E-state index contributed by atoms with van der Waals surface area (Å²) in [5.74, 6) is -0.265. The van der Waals surface area contributed by atoms with Crippen LogP contribution in [0.3, 0.4) is 0 Å². The van der Waals surface area contributed by atoms with Crippen molar-refractivity contribution in [3.05, 3.63) is 53.3 Å². The van der Waals surface area contributed by atoms with Crippen molar-refractivity contribution < 1.29 is 4.79 Å². The van der Waals surface area contributed by atoms with Crippen molar-refractivity contribution in [2.75, 3.05) is 0 Å². The first-order valence-corrected chi connectivity index (χ1v) is 7.10. The first-order chi connectivity index (χ1) is 10.1. The van der Waals surface area contributed by atoms with E-state index in [4.69, 9.17) is 0 Å². The average molecular weight is 278 g/mol. The van der Waals surface area contributed by atoms with E-state index < -0.39 is 0 Å². The van der Waals surface area contributed by atoms with Crippen LogP contribution < -0.4 is 0 Å². The number of hydrogen-bond acceptors (Lipinski definition) is 3. The highest BCUT2D eigenvalue weighted by Gasteiger charge is 2.17. The predicted molar refractivity (Wildman–Crippen MR) is 82.9 cm³/mol. The second-order valence-corrected chi connectivity index (χ2v) is 5.30. The summed E-state index contributed by atoms with van der Waals surface area (Å²) in [6, 6.07) is 12.0. The number of aryl methyl sites for hydroxylation is 1. The number of aromatic nitrogens is 1. The van der Waals surface area contributed by atoms with Gasteiger partial charge in [-0.05, 0) is 23.6 Å². The van der Waals surface area contributed by atoms with E-state index in [2.05, 4.69) is 30.1 Å². The lowest BCUT2D eigenvalue weighted by atomic mass is 9.98. The van der Waals surface area contributed by atoms with Crippen LogP contribution in [0.2, 0.25) is 0 Å². The topological polar surface area (TPSA) is 53.8 Å². The minimum Gasteiger partial charge on any atom is -0.292 e. The van der Waals surface area contributed by atoms with E-state index in [0.717, 1.165) is 17.5 Å². The minimum absolute atomic E-state index is 0.0968. The molecule has 1 heterocycles. The number of nitrogens with zero attached hydrogens (tertiary/aromatic N) is 2. The molecule has 0 aliphatic carbocycles. The number of Topliss-reactive ketones (excluding diaryl/α,β-unsaturated/α-hetero) is 1. The zero-order valence-corrected chi connectivity index (χ0v) is 12.6. The first kappa shape index (κ1) is 14.9. The van der Waals surface area contributed by atoms with Gasteiger partial charge >= 0.3 is 0 Å². The largest absolute Gasteiger partial charge is 0.292 e. The summed E-state index contributed by atoms with van der Waals surface area (Å²) in [5, 5.41) is 9.28. The van der Waals surface area contributed by atoms with Gasteiger partial charge in [0, 0.05) is 17.7 Å².